The van der Waals surface area contributed by atoms with Crippen LogP contribution in [0.25, 0.3) is 0 Å². The molecule has 4 amide bonds. The molecule has 0 spiro atoms. The topological polar surface area (TPSA) is 125 Å². The summed E-state index contributed by atoms with van der Waals surface area (Å²) in [5.41, 5.74) is -0.782. The number of nitrogens with one attached hydrogen (secondary N) is 2. The highest BCUT2D eigenvalue weighted by molar-refractivity contribution is 6.09. The Morgan fingerprint density at radius 2 is 1.92 bits per heavy atom. The van der Waals surface area contributed by atoms with E-state index in [-0.39, 0.29) is 0 Å². The van der Waals surface area contributed by atoms with Crippen LogP contribution in [-0.2, 0) is 19.9 Å². The molecule has 0 radical (unpaired) electrons. The summed E-state index contributed by atoms with van der Waals surface area (Å²) in [4.78, 5) is 48.2. The van der Waals surface area contributed by atoms with Gasteiger partial charge in [0.15, 0.2) is 0 Å². The SMILES string of the molecule is COc1ccc(C2(C)NC(=O)N(CC(=O)N[C@@H](C)C(=O)O)C2=O)cc1. The molecule has 0 bridgehead atoms. The molecule has 1 unspecified atom stereocenters. The summed E-state index contributed by atoms with van der Waals surface area (Å²) >= 11 is 0. The number of carbonyl (C=O) groups is 4. The third-order valence-corrected chi connectivity index (χ3v) is 3.99. The van der Waals surface area contributed by atoms with Crippen molar-refractivity contribution in [3.8, 4) is 5.75 Å². The fourth-order valence-electron chi connectivity index (χ4n) is 2.45. The Bertz CT molecular complexity index is 717. The van der Waals surface area contributed by atoms with Gasteiger partial charge >= 0.3 is 12.0 Å². The van der Waals surface area contributed by atoms with Gasteiger partial charge in [-0.05, 0) is 31.5 Å². The molecule has 134 valence electrons. The smallest absolute Gasteiger partial charge is 0.325 e. The maximum atomic E-state index is 12.7. The molecule has 0 aromatic heterocycles. The van der Waals surface area contributed by atoms with Crippen molar-refractivity contribution in [2.75, 3.05) is 13.7 Å². The third kappa shape index (κ3) is 3.54. The molecule has 1 aromatic rings. The van der Waals surface area contributed by atoms with Gasteiger partial charge in [0.2, 0.25) is 5.91 Å². The summed E-state index contributed by atoms with van der Waals surface area (Å²) in [6, 6.07) is 4.76. The van der Waals surface area contributed by atoms with Crippen molar-refractivity contribution in [2.45, 2.75) is 25.4 Å². The van der Waals surface area contributed by atoms with Crippen molar-refractivity contribution in [1.82, 2.24) is 15.5 Å². The average Bonchev–Trinajstić information content (AvgIpc) is 2.79. The number of aliphatic carboxylic acids is 1. The van der Waals surface area contributed by atoms with Crippen LogP contribution >= 0.6 is 0 Å². The molecule has 2 atom stereocenters. The van der Waals surface area contributed by atoms with Crippen molar-refractivity contribution in [3.05, 3.63) is 29.8 Å². The van der Waals surface area contributed by atoms with E-state index in [4.69, 9.17) is 9.84 Å². The van der Waals surface area contributed by atoms with Crippen LogP contribution in [0.5, 0.6) is 5.75 Å². The van der Waals surface area contributed by atoms with E-state index in [9.17, 15) is 19.2 Å². The van der Waals surface area contributed by atoms with E-state index in [2.05, 4.69) is 10.6 Å². The van der Waals surface area contributed by atoms with Gasteiger partial charge < -0.3 is 20.5 Å². The van der Waals surface area contributed by atoms with Crippen LogP contribution in [0.2, 0.25) is 0 Å². The largest absolute Gasteiger partial charge is 0.497 e. The second-order valence-electron chi connectivity index (χ2n) is 5.80. The first-order valence-electron chi connectivity index (χ1n) is 7.50. The van der Waals surface area contributed by atoms with Gasteiger partial charge in [-0.3, -0.25) is 19.3 Å². The number of carboxylic acids is 1. The Balaban J connectivity index is 2.15. The molecule has 0 aliphatic carbocycles. The first kappa shape index (κ1) is 18.2. The monoisotopic (exact) mass is 349 g/mol. The standard InChI is InChI=1S/C16H19N3O6/c1-9(13(21)22)17-12(20)8-19-14(23)16(2,18-15(19)24)10-4-6-11(25-3)7-5-10/h4-7,9H,8H2,1-3H3,(H,17,20)(H,18,24)(H,21,22)/t9-,16?/m0/s1. The molecule has 1 aliphatic heterocycles. The lowest BCUT2D eigenvalue weighted by Crippen LogP contribution is -2.46. The summed E-state index contributed by atoms with van der Waals surface area (Å²) < 4.78 is 5.06. The number of hydrogen-bond donors (Lipinski definition) is 3. The van der Waals surface area contributed by atoms with Gasteiger partial charge in [0.05, 0.1) is 7.11 Å². The van der Waals surface area contributed by atoms with E-state index in [1.54, 1.807) is 24.3 Å². The van der Waals surface area contributed by atoms with E-state index < -0.39 is 41.9 Å². The zero-order valence-electron chi connectivity index (χ0n) is 14.0. The van der Waals surface area contributed by atoms with Gasteiger partial charge in [-0.25, -0.2) is 4.79 Å². The summed E-state index contributed by atoms with van der Waals surface area (Å²) in [5.74, 6) is -1.95. The lowest BCUT2D eigenvalue weighted by molar-refractivity contribution is -0.141. The number of ether oxygens (including phenoxy) is 1. The highest BCUT2D eigenvalue weighted by Crippen LogP contribution is 2.29. The summed E-state index contributed by atoms with van der Waals surface area (Å²) in [7, 11) is 1.51. The average molecular weight is 349 g/mol. The van der Waals surface area contributed by atoms with Crippen LogP contribution in [0.3, 0.4) is 0 Å². The minimum Gasteiger partial charge on any atom is -0.497 e. The van der Waals surface area contributed by atoms with Gasteiger partial charge in [0.1, 0.15) is 23.9 Å². The maximum Gasteiger partial charge on any atom is 0.325 e. The molecule has 2 rings (SSSR count). The minimum absolute atomic E-state index is 0.536. The van der Waals surface area contributed by atoms with Gasteiger partial charge in [0, 0.05) is 0 Å². The number of hydrogen-bond acceptors (Lipinski definition) is 5. The quantitative estimate of drug-likeness (QED) is 0.623. The molecule has 1 fully saturated rings. The molecule has 3 N–H and O–H groups in total. The third-order valence-electron chi connectivity index (χ3n) is 3.99. The zero-order chi connectivity index (χ0) is 18.8. The second kappa shape index (κ2) is 6.80. The normalized spacial score (nSPS) is 20.8. The minimum atomic E-state index is -1.32. The second-order valence-corrected chi connectivity index (χ2v) is 5.80. The van der Waals surface area contributed by atoms with Crippen LogP contribution < -0.4 is 15.4 Å². The van der Waals surface area contributed by atoms with Crippen molar-refractivity contribution in [2.24, 2.45) is 0 Å². The van der Waals surface area contributed by atoms with Crippen molar-refractivity contribution < 1.29 is 29.0 Å². The highest BCUT2D eigenvalue weighted by atomic mass is 16.5. The number of benzene rings is 1. The number of nitrogens with zero attached hydrogens (tertiary/aromatic N) is 1. The van der Waals surface area contributed by atoms with Crippen LogP contribution in [0.4, 0.5) is 4.79 Å². The fourth-order valence-corrected chi connectivity index (χ4v) is 2.45. The predicted molar refractivity (Wildman–Crippen MR) is 85.8 cm³/mol. The van der Waals surface area contributed by atoms with Crippen LogP contribution in [0.15, 0.2) is 24.3 Å². The zero-order valence-corrected chi connectivity index (χ0v) is 14.0. The van der Waals surface area contributed by atoms with Crippen LogP contribution in [-0.4, -0.2) is 53.5 Å². The Hall–Kier alpha value is -3.10. The Labute approximate surface area is 143 Å². The van der Waals surface area contributed by atoms with Gasteiger partial charge in [-0.1, -0.05) is 12.1 Å². The first-order chi connectivity index (χ1) is 11.7. The number of carbonyl (C=O) groups excluding carboxylic acids is 3. The number of carboxylic acid groups (broad SMARTS) is 1. The fraction of sp³-hybridized carbons (Fsp3) is 0.375. The number of amides is 4. The molecule has 25 heavy (non-hydrogen) atoms. The summed E-state index contributed by atoms with van der Waals surface area (Å²) in [6.07, 6.45) is 0. The molecule has 1 aromatic carbocycles. The van der Waals surface area contributed by atoms with Crippen molar-refractivity contribution >= 4 is 23.8 Å². The van der Waals surface area contributed by atoms with Crippen LogP contribution in [0.1, 0.15) is 19.4 Å². The maximum absolute atomic E-state index is 12.7. The number of rotatable bonds is 6. The molecule has 0 saturated carbocycles. The molecule has 1 aliphatic rings. The Morgan fingerprint density at radius 3 is 2.44 bits per heavy atom. The van der Waals surface area contributed by atoms with E-state index in [1.165, 1.54) is 21.0 Å². The van der Waals surface area contributed by atoms with Gasteiger partial charge in [-0.15, -0.1) is 0 Å². The van der Waals surface area contributed by atoms with E-state index in [1.807, 2.05) is 0 Å². The highest BCUT2D eigenvalue weighted by Gasteiger charge is 2.49. The van der Waals surface area contributed by atoms with E-state index in [0.29, 0.717) is 11.3 Å². The lowest BCUT2D eigenvalue weighted by atomic mass is 9.92. The van der Waals surface area contributed by atoms with Crippen LogP contribution in [0, 0.1) is 0 Å². The number of methoxy groups -OCH3 is 1. The van der Waals surface area contributed by atoms with Crippen molar-refractivity contribution in [3.63, 3.8) is 0 Å². The Morgan fingerprint density at radius 1 is 1.32 bits per heavy atom. The number of imide groups is 1. The molecule has 1 saturated heterocycles. The molecular formula is C16H19N3O6. The summed E-state index contributed by atoms with van der Waals surface area (Å²) in [5, 5.41) is 13.6. The molecule has 9 heteroatoms. The van der Waals surface area contributed by atoms with Gasteiger partial charge in [0.25, 0.3) is 5.91 Å². The first-order valence-corrected chi connectivity index (χ1v) is 7.50. The molecular weight excluding hydrogens is 330 g/mol. The summed E-state index contributed by atoms with van der Waals surface area (Å²) in [6.45, 7) is 2.26. The predicted octanol–water partition coefficient (Wildman–Crippen LogP) is 0.0515. The molecule has 1 heterocycles. The van der Waals surface area contributed by atoms with Gasteiger partial charge in [-0.2, -0.15) is 0 Å². The van der Waals surface area contributed by atoms with E-state index in [0.717, 1.165) is 4.90 Å². The Kier molecular flexibility index (Phi) is 4.96. The van der Waals surface area contributed by atoms with Crippen molar-refractivity contribution in [1.29, 1.82) is 0 Å². The lowest BCUT2D eigenvalue weighted by Gasteiger charge is -2.22. The number of urea groups is 1. The van der Waals surface area contributed by atoms with E-state index >= 15 is 0 Å². The molecule has 9 nitrogen and oxygen atoms in total.